The van der Waals surface area contributed by atoms with Crippen LogP contribution in [0, 0.1) is 17.3 Å². The van der Waals surface area contributed by atoms with E-state index >= 15 is 0 Å². The molecule has 4 nitrogen and oxygen atoms in total. The Morgan fingerprint density at radius 1 is 1.12 bits per heavy atom. The lowest BCUT2D eigenvalue weighted by Gasteiger charge is -2.59. The molecule has 0 saturated heterocycles. The molecule has 1 aromatic carbocycles. The van der Waals surface area contributed by atoms with Gasteiger partial charge in [-0.2, -0.15) is 0 Å². The molecule has 1 amide bonds. The number of benzene rings is 1. The summed E-state index contributed by atoms with van der Waals surface area (Å²) in [5.41, 5.74) is 1.01. The number of rotatable bonds is 3. The van der Waals surface area contributed by atoms with Gasteiger partial charge in [0.2, 0.25) is 5.91 Å². The molecule has 0 radical (unpaired) electrons. The number of esters is 1. The number of anilines is 1. The van der Waals surface area contributed by atoms with Gasteiger partial charge in [0.25, 0.3) is 0 Å². The van der Waals surface area contributed by atoms with Gasteiger partial charge < -0.3 is 10.1 Å². The number of ether oxygens (including phenoxy) is 1. The third-order valence-electron chi connectivity index (χ3n) is 6.04. The van der Waals surface area contributed by atoms with Crippen molar-refractivity contribution in [1.82, 2.24) is 0 Å². The molecule has 5 heteroatoms. The average Bonchev–Trinajstić information content (AvgIpc) is 2.52. The van der Waals surface area contributed by atoms with Gasteiger partial charge in [-0.1, -0.05) is 15.9 Å². The van der Waals surface area contributed by atoms with E-state index in [9.17, 15) is 9.59 Å². The predicted molar refractivity (Wildman–Crippen MR) is 95.2 cm³/mol. The van der Waals surface area contributed by atoms with Crippen molar-refractivity contribution in [2.24, 2.45) is 17.3 Å². The lowest BCUT2D eigenvalue weighted by atomic mass is 9.49. The Morgan fingerprint density at radius 3 is 2.29 bits per heavy atom. The van der Waals surface area contributed by atoms with Crippen LogP contribution in [0.25, 0.3) is 0 Å². The maximum absolute atomic E-state index is 13.1. The Labute approximate surface area is 150 Å². The van der Waals surface area contributed by atoms with E-state index in [2.05, 4.69) is 21.2 Å². The highest BCUT2D eigenvalue weighted by Gasteiger charge is 2.59. The van der Waals surface area contributed by atoms with Crippen molar-refractivity contribution in [3.63, 3.8) is 0 Å². The Bertz CT molecular complexity index is 670. The molecule has 0 spiro atoms. The second-order valence-corrected chi connectivity index (χ2v) is 9.60. The van der Waals surface area contributed by atoms with Crippen LogP contribution in [0.5, 0.6) is 0 Å². The molecule has 1 aromatic rings. The summed E-state index contributed by atoms with van der Waals surface area (Å²) in [6.45, 7) is 0. The lowest BCUT2D eigenvalue weighted by Crippen LogP contribution is -2.57. The van der Waals surface area contributed by atoms with E-state index in [4.69, 9.17) is 4.74 Å². The van der Waals surface area contributed by atoms with Gasteiger partial charge >= 0.3 is 5.97 Å². The van der Waals surface area contributed by atoms with Gasteiger partial charge in [0.05, 0.1) is 18.1 Å². The first kappa shape index (κ1) is 16.1. The zero-order valence-electron chi connectivity index (χ0n) is 13.8. The summed E-state index contributed by atoms with van der Waals surface area (Å²) in [5.74, 6) is 1.14. The van der Waals surface area contributed by atoms with Crippen LogP contribution in [-0.4, -0.2) is 23.3 Å². The fraction of sp³-hybridized carbons (Fsp3) is 0.579. The fourth-order valence-electron chi connectivity index (χ4n) is 5.49. The Balaban J connectivity index is 1.51. The van der Waals surface area contributed by atoms with Crippen LogP contribution in [0.4, 0.5) is 5.69 Å². The molecule has 0 heterocycles. The van der Waals surface area contributed by atoms with Gasteiger partial charge in [-0.25, -0.2) is 4.79 Å². The van der Waals surface area contributed by atoms with Gasteiger partial charge in [-0.05, 0) is 74.6 Å². The molecule has 0 aliphatic heterocycles. The van der Waals surface area contributed by atoms with Crippen LogP contribution in [0.2, 0.25) is 0 Å². The topological polar surface area (TPSA) is 55.4 Å². The zero-order valence-corrected chi connectivity index (χ0v) is 15.4. The summed E-state index contributed by atoms with van der Waals surface area (Å²) in [5, 5.41) is 3.09. The van der Waals surface area contributed by atoms with Crippen molar-refractivity contribution < 1.29 is 14.3 Å². The van der Waals surface area contributed by atoms with Gasteiger partial charge in [0.15, 0.2) is 0 Å². The lowest BCUT2D eigenvalue weighted by molar-refractivity contribution is -0.138. The number of methoxy groups -OCH3 is 1. The first-order valence-corrected chi connectivity index (χ1v) is 9.39. The number of nitrogens with one attached hydrogen (secondary N) is 1. The van der Waals surface area contributed by atoms with Gasteiger partial charge in [-0.3, -0.25) is 4.79 Å². The van der Waals surface area contributed by atoms with Crippen LogP contribution in [-0.2, 0) is 9.53 Å². The molecule has 4 aliphatic rings. The molecular weight excluding hydrogens is 370 g/mol. The van der Waals surface area contributed by atoms with Crippen molar-refractivity contribution in [2.45, 2.75) is 42.8 Å². The van der Waals surface area contributed by atoms with Crippen LogP contribution in [0.3, 0.4) is 0 Å². The number of amides is 1. The van der Waals surface area contributed by atoms with E-state index in [1.807, 2.05) is 0 Å². The molecule has 4 aliphatic carbocycles. The van der Waals surface area contributed by atoms with Crippen molar-refractivity contribution in [3.8, 4) is 0 Å². The minimum absolute atomic E-state index is 0.145. The van der Waals surface area contributed by atoms with Gasteiger partial charge in [-0.15, -0.1) is 0 Å². The first-order chi connectivity index (χ1) is 11.4. The predicted octanol–water partition coefficient (Wildman–Crippen LogP) is 4.15. The molecule has 4 fully saturated rings. The molecule has 4 bridgehead atoms. The third kappa shape index (κ3) is 2.67. The largest absolute Gasteiger partial charge is 0.465 e. The smallest absolute Gasteiger partial charge is 0.337 e. The van der Waals surface area contributed by atoms with E-state index in [1.54, 1.807) is 24.3 Å². The second-order valence-electron chi connectivity index (χ2n) is 7.92. The second kappa shape index (κ2) is 5.58. The monoisotopic (exact) mass is 391 g/mol. The molecule has 2 unspecified atom stereocenters. The van der Waals surface area contributed by atoms with Crippen molar-refractivity contribution in [2.75, 3.05) is 12.4 Å². The molecule has 4 saturated carbocycles. The maximum Gasteiger partial charge on any atom is 0.337 e. The Hall–Kier alpha value is -1.36. The van der Waals surface area contributed by atoms with E-state index in [1.165, 1.54) is 26.4 Å². The Kier molecular flexibility index (Phi) is 3.75. The van der Waals surface area contributed by atoms with E-state index < -0.39 is 0 Å². The standard InChI is InChI=1S/C19H22BrNO3/c1-24-16(22)14-2-4-15(5-3-14)21-17(23)18-7-12-6-13(8-18)10-19(20,9-12)11-18/h2-5,12-13H,6-11H2,1H3,(H,21,23). The summed E-state index contributed by atoms with van der Waals surface area (Å²) < 4.78 is 4.87. The summed E-state index contributed by atoms with van der Waals surface area (Å²) in [6.07, 6.45) is 6.69. The van der Waals surface area contributed by atoms with Crippen molar-refractivity contribution in [1.29, 1.82) is 0 Å². The molecule has 2 atom stereocenters. The van der Waals surface area contributed by atoms with Crippen LogP contribution < -0.4 is 5.32 Å². The summed E-state index contributed by atoms with van der Waals surface area (Å²) in [6, 6.07) is 6.92. The summed E-state index contributed by atoms with van der Waals surface area (Å²) in [7, 11) is 1.36. The van der Waals surface area contributed by atoms with E-state index in [0.717, 1.165) is 24.9 Å². The molecular formula is C19H22BrNO3. The zero-order chi connectivity index (χ0) is 16.9. The maximum atomic E-state index is 13.1. The Morgan fingerprint density at radius 2 is 1.75 bits per heavy atom. The highest BCUT2D eigenvalue weighted by atomic mass is 79.9. The fourth-order valence-corrected chi connectivity index (χ4v) is 6.94. The number of carbonyl (C=O) groups excluding carboxylic acids is 2. The number of halogens is 1. The van der Waals surface area contributed by atoms with Crippen molar-refractivity contribution >= 4 is 33.5 Å². The quantitative estimate of drug-likeness (QED) is 0.621. The van der Waals surface area contributed by atoms with Crippen LogP contribution in [0.1, 0.15) is 48.9 Å². The molecule has 5 rings (SSSR count). The van der Waals surface area contributed by atoms with Crippen LogP contribution >= 0.6 is 15.9 Å². The normalized spacial score (nSPS) is 36.4. The number of hydrogen-bond donors (Lipinski definition) is 1. The van der Waals surface area contributed by atoms with Crippen LogP contribution in [0.15, 0.2) is 24.3 Å². The average molecular weight is 392 g/mol. The molecule has 128 valence electrons. The van der Waals surface area contributed by atoms with E-state index in [-0.39, 0.29) is 21.6 Å². The highest BCUT2D eigenvalue weighted by molar-refractivity contribution is 9.10. The number of alkyl halides is 1. The molecule has 1 N–H and O–H groups in total. The minimum Gasteiger partial charge on any atom is -0.465 e. The summed E-state index contributed by atoms with van der Waals surface area (Å²) >= 11 is 3.95. The minimum atomic E-state index is -0.366. The van der Waals surface area contributed by atoms with Gasteiger partial charge in [0, 0.05) is 10.0 Å². The van der Waals surface area contributed by atoms with E-state index in [0.29, 0.717) is 17.4 Å². The first-order valence-electron chi connectivity index (χ1n) is 8.60. The molecule has 24 heavy (non-hydrogen) atoms. The number of hydrogen-bond acceptors (Lipinski definition) is 3. The van der Waals surface area contributed by atoms with Crippen molar-refractivity contribution in [3.05, 3.63) is 29.8 Å². The summed E-state index contributed by atoms with van der Waals surface area (Å²) in [4.78, 5) is 24.6. The van der Waals surface area contributed by atoms with Gasteiger partial charge in [0.1, 0.15) is 0 Å². The third-order valence-corrected chi connectivity index (χ3v) is 6.96. The SMILES string of the molecule is COC(=O)c1ccc(NC(=O)C23CC4CC(CC(Br)(C4)C2)C3)cc1. The molecule has 0 aromatic heterocycles. The number of carbonyl (C=O) groups is 2. The highest BCUT2D eigenvalue weighted by Crippen LogP contribution is 2.64.